The third-order valence-electron chi connectivity index (χ3n) is 9.14. The summed E-state index contributed by atoms with van der Waals surface area (Å²) in [6.45, 7) is 6.08. The summed E-state index contributed by atoms with van der Waals surface area (Å²) in [6, 6.07) is 0. The molecule has 0 saturated heterocycles. The molecular formula is C43H81NO2. The first-order chi connectivity index (χ1) is 22.6. The van der Waals surface area contributed by atoms with Crippen LogP contribution in [0.1, 0.15) is 200 Å². The van der Waals surface area contributed by atoms with Crippen LogP contribution in [0.25, 0.3) is 0 Å². The summed E-state index contributed by atoms with van der Waals surface area (Å²) in [6.07, 6.45) is 50.8. The third-order valence-corrected chi connectivity index (χ3v) is 9.14. The summed E-state index contributed by atoms with van der Waals surface area (Å²) in [7, 11) is 4.15. The zero-order valence-electron chi connectivity index (χ0n) is 31.7. The molecule has 270 valence electrons. The Balaban J connectivity index is 3.99. The number of hydrogen-bond donors (Lipinski definition) is 0. The van der Waals surface area contributed by atoms with Crippen LogP contribution in [0.2, 0.25) is 0 Å². The standard InChI is InChI=1S/C43H81NO2/c1-5-7-9-11-13-15-17-19-21-23-25-27-29-31-33-35-38-42(43(45)46-41-37-40-44(3)4)39-36-34-32-30-28-26-24-22-20-18-16-14-12-10-8-6-2/h13,15,19-22,42H,5-12,14,16-18,23-41H2,1-4H3. The third kappa shape index (κ3) is 35.5. The zero-order chi connectivity index (χ0) is 33.6. The molecule has 0 aromatic rings. The Hall–Kier alpha value is -1.35. The molecule has 0 aromatic heterocycles. The number of rotatable bonds is 36. The lowest BCUT2D eigenvalue weighted by atomic mass is 9.94. The van der Waals surface area contributed by atoms with Crippen LogP contribution in [0.3, 0.4) is 0 Å². The second kappa shape index (κ2) is 38.1. The van der Waals surface area contributed by atoms with E-state index in [-0.39, 0.29) is 11.9 Å². The minimum absolute atomic E-state index is 0.0640. The van der Waals surface area contributed by atoms with E-state index < -0.39 is 0 Å². The van der Waals surface area contributed by atoms with Gasteiger partial charge in [-0.1, -0.05) is 159 Å². The van der Waals surface area contributed by atoms with Crippen molar-refractivity contribution >= 4 is 5.97 Å². The van der Waals surface area contributed by atoms with Crippen molar-refractivity contribution in [3.8, 4) is 0 Å². The van der Waals surface area contributed by atoms with Gasteiger partial charge in [0.15, 0.2) is 0 Å². The Bertz CT molecular complexity index is 695. The minimum Gasteiger partial charge on any atom is -0.465 e. The van der Waals surface area contributed by atoms with Crippen LogP contribution < -0.4 is 0 Å². The van der Waals surface area contributed by atoms with Crippen LogP contribution in [0.4, 0.5) is 0 Å². The first-order valence-corrected chi connectivity index (χ1v) is 20.4. The van der Waals surface area contributed by atoms with E-state index in [0.717, 1.165) is 45.1 Å². The topological polar surface area (TPSA) is 29.5 Å². The van der Waals surface area contributed by atoms with E-state index in [1.165, 1.54) is 148 Å². The molecule has 0 N–H and O–H groups in total. The number of unbranched alkanes of at least 4 members (excludes halogenated alkanes) is 21. The fraction of sp³-hybridized carbons (Fsp3) is 0.837. The van der Waals surface area contributed by atoms with Crippen LogP contribution in [-0.4, -0.2) is 38.1 Å². The number of carbonyl (C=O) groups is 1. The first kappa shape index (κ1) is 44.6. The summed E-state index contributed by atoms with van der Waals surface area (Å²) in [5, 5.41) is 0. The van der Waals surface area contributed by atoms with Gasteiger partial charge in [-0.2, -0.15) is 0 Å². The minimum atomic E-state index is 0.0640. The molecule has 46 heavy (non-hydrogen) atoms. The Labute approximate surface area is 289 Å². The van der Waals surface area contributed by atoms with Crippen molar-refractivity contribution in [3.63, 3.8) is 0 Å². The highest BCUT2D eigenvalue weighted by Gasteiger charge is 2.19. The van der Waals surface area contributed by atoms with Crippen molar-refractivity contribution < 1.29 is 9.53 Å². The van der Waals surface area contributed by atoms with Gasteiger partial charge in [0.05, 0.1) is 12.5 Å². The predicted octanol–water partition coefficient (Wildman–Crippen LogP) is 13.7. The van der Waals surface area contributed by atoms with E-state index in [2.05, 4.69) is 69.3 Å². The second-order valence-corrected chi connectivity index (χ2v) is 14.1. The number of hydrogen-bond acceptors (Lipinski definition) is 3. The molecule has 0 bridgehead atoms. The lowest BCUT2D eigenvalue weighted by Gasteiger charge is -2.17. The van der Waals surface area contributed by atoms with Gasteiger partial charge in [-0.05, 0) is 91.1 Å². The molecule has 0 aliphatic carbocycles. The summed E-state index contributed by atoms with van der Waals surface area (Å²) < 4.78 is 5.73. The molecular weight excluding hydrogens is 562 g/mol. The van der Waals surface area contributed by atoms with Gasteiger partial charge >= 0.3 is 5.97 Å². The summed E-state index contributed by atoms with van der Waals surface area (Å²) in [5.74, 6) is 0.163. The van der Waals surface area contributed by atoms with Crippen molar-refractivity contribution in [1.29, 1.82) is 0 Å². The maximum atomic E-state index is 12.9. The van der Waals surface area contributed by atoms with Gasteiger partial charge in [-0.15, -0.1) is 0 Å². The Morgan fingerprint density at radius 1 is 0.500 bits per heavy atom. The molecule has 0 spiro atoms. The van der Waals surface area contributed by atoms with Crippen molar-refractivity contribution in [2.75, 3.05) is 27.2 Å². The number of nitrogens with zero attached hydrogens (tertiary/aromatic N) is 1. The van der Waals surface area contributed by atoms with E-state index in [1.54, 1.807) is 0 Å². The molecule has 3 heteroatoms. The van der Waals surface area contributed by atoms with Gasteiger partial charge in [0.2, 0.25) is 0 Å². The normalized spacial score (nSPS) is 12.8. The fourth-order valence-electron chi connectivity index (χ4n) is 6.07. The molecule has 0 amide bonds. The van der Waals surface area contributed by atoms with Crippen LogP contribution in [0.5, 0.6) is 0 Å². The van der Waals surface area contributed by atoms with Gasteiger partial charge < -0.3 is 9.64 Å². The fourth-order valence-corrected chi connectivity index (χ4v) is 6.07. The molecule has 0 radical (unpaired) electrons. The second-order valence-electron chi connectivity index (χ2n) is 14.1. The summed E-state index contributed by atoms with van der Waals surface area (Å²) in [5.41, 5.74) is 0. The molecule has 0 fully saturated rings. The Kier molecular flexibility index (Phi) is 37.0. The summed E-state index contributed by atoms with van der Waals surface area (Å²) in [4.78, 5) is 15.1. The van der Waals surface area contributed by atoms with E-state index in [9.17, 15) is 4.79 Å². The van der Waals surface area contributed by atoms with Crippen LogP contribution >= 0.6 is 0 Å². The number of carbonyl (C=O) groups excluding carboxylic acids is 1. The Morgan fingerprint density at radius 3 is 1.33 bits per heavy atom. The van der Waals surface area contributed by atoms with Crippen molar-refractivity contribution in [1.82, 2.24) is 4.90 Å². The molecule has 1 unspecified atom stereocenters. The van der Waals surface area contributed by atoms with E-state index >= 15 is 0 Å². The molecule has 0 saturated carbocycles. The lowest BCUT2D eigenvalue weighted by molar-refractivity contribution is -0.149. The molecule has 0 aliphatic heterocycles. The van der Waals surface area contributed by atoms with Crippen molar-refractivity contribution in [2.45, 2.75) is 200 Å². The Morgan fingerprint density at radius 2 is 0.870 bits per heavy atom. The molecule has 1 atom stereocenters. The van der Waals surface area contributed by atoms with Gasteiger partial charge in [-0.3, -0.25) is 4.79 Å². The maximum Gasteiger partial charge on any atom is 0.308 e. The zero-order valence-corrected chi connectivity index (χ0v) is 31.7. The first-order valence-electron chi connectivity index (χ1n) is 20.4. The van der Waals surface area contributed by atoms with Crippen molar-refractivity contribution in [2.24, 2.45) is 5.92 Å². The lowest BCUT2D eigenvalue weighted by Crippen LogP contribution is -2.21. The molecule has 0 rings (SSSR count). The molecule has 0 heterocycles. The average molecular weight is 644 g/mol. The number of allylic oxidation sites excluding steroid dienone is 6. The van der Waals surface area contributed by atoms with Gasteiger partial charge in [0.25, 0.3) is 0 Å². The highest BCUT2D eigenvalue weighted by molar-refractivity contribution is 5.72. The van der Waals surface area contributed by atoms with E-state index in [0.29, 0.717) is 6.61 Å². The maximum absolute atomic E-state index is 12.9. The smallest absolute Gasteiger partial charge is 0.308 e. The van der Waals surface area contributed by atoms with Gasteiger partial charge in [0, 0.05) is 6.54 Å². The molecule has 0 aliphatic rings. The highest BCUT2D eigenvalue weighted by Crippen LogP contribution is 2.21. The summed E-state index contributed by atoms with van der Waals surface area (Å²) >= 11 is 0. The largest absolute Gasteiger partial charge is 0.465 e. The van der Waals surface area contributed by atoms with Crippen LogP contribution in [0, 0.1) is 5.92 Å². The SMILES string of the molecule is CCCCCC=CCC=CCCCCCCCCC(CCCCCCCCC=CCCCCCCCC)C(=O)OCCCN(C)C. The van der Waals surface area contributed by atoms with Crippen LogP contribution in [-0.2, 0) is 9.53 Å². The van der Waals surface area contributed by atoms with Crippen LogP contribution in [0.15, 0.2) is 36.5 Å². The quantitative estimate of drug-likeness (QED) is 0.0386. The predicted molar refractivity (Wildman–Crippen MR) is 206 cm³/mol. The van der Waals surface area contributed by atoms with Gasteiger partial charge in [-0.25, -0.2) is 0 Å². The number of esters is 1. The number of ether oxygens (including phenoxy) is 1. The molecule has 3 nitrogen and oxygen atoms in total. The van der Waals surface area contributed by atoms with E-state index in [4.69, 9.17) is 4.74 Å². The van der Waals surface area contributed by atoms with E-state index in [1.807, 2.05) is 0 Å². The monoisotopic (exact) mass is 644 g/mol. The average Bonchev–Trinajstić information content (AvgIpc) is 3.05. The highest BCUT2D eigenvalue weighted by atomic mass is 16.5. The van der Waals surface area contributed by atoms with Crippen molar-refractivity contribution in [3.05, 3.63) is 36.5 Å². The van der Waals surface area contributed by atoms with Gasteiger partial charge in [0.1, 0.15) is 0 Å². The molecule has 0 aromatic carbocycles.